The average molecular weight is 515 g/mol. The Bertz CT molecular complexity index is 1510. The first-order valence-electron chi connectivity index (χ1n) is 9.67. The number of aryl methyl sites for hydroxylation is 2. The summed E-state index contributed by atoms with van der Waals surface area (Å²) in [6.45, 7) is 3.61. The van der Waals surface area contributed by atoms with Crippen molar-refractivity contribution in [1.82, 2.24) is 14.7 Å². The Morgan fingerprint density at radius 3 is 2.65 bits per heavy atom. The molecule has 2 N–H and O–H groups in total. The van der Waals surface area contributed by atoms with Crippen LogP contribution in [-0.2, 0) is 16.6 Å². The molecule has 4 rings (SSSR count). The second-order valence-corrected chi connectivity index (χ2v) is 9.60. The van der Waals surface area contributed by atoms with E-state index < -0.39 is 27.5 Å². The first-order chi connectivity index (χ1) is 15.7. The molecule has 0 aliphatic rings. The number of rotatable bonds is 7. The Hall–Kier alpha value is -2.35. The summed E-state index contributed by atoms with van der Waals surface area (Å²) in [4.78, 5) is 20.6. The van der Waals surface area contributed by atoms with Crippen LogP contribution in [0.3, 0.4) is 0 Å². The Kier molecular flexibility index (Phi) is 8.11. The van der Waals surface area contributed by atoms with E-state index in [0.29, 0.717) is 27.5 Å². The van der Waals surface area contributed by atoms with Gasteiger partial charge >= 0.3 is 35.2 Å². The summed E-state index contributed by atoms with van der Waals surface area (Å²) in [5, 5.41) is 2.93. The standard InChI is InChI=1S/C21H19FN4O5S2.Na.H/c1-11-8-14-12(2)15(9-13-4-5-24-19(18(13)22)26-33(28,29)23-3)20(27)30-17(14)10-16(11)31-21-25-6-7-32-21;;/h4-8,10,23H,9H2,1-3H3,(H,24,26);;. The number of aromatic nitrogens is 2. The molecular formula is C21H20FN4NaO5S2. The van der Waals surface area contributed by atoms with E-state index in [1.54, 1.807) is 24.6 Å². The predicted octanol–water partition coefficient (Wildman–Crippen LogP) is 3.01. The summed E-state index contributed by atoms with van der Waals surface area (Å²) in [5.41, 5.74) is 1.48. The molecule has 3 heterocycles. The summed E-state index contributed by atoms with van der Waals surface area (Å²) >= 11 is 1.34. The van der Waals surface area contributed by atoms with Gasteiger partial charge in [0.05, 0.1) is 0 Å². The zero-order valence-corrected chi connectivity index (χ0v) is 19.4. The summed E-state index contributed by atoms with van der Waals surface area (Å²) < 4.78 is 53.6. The number of hydrogen-bond acceptors (Lipinski definition) is 8. The van der Waals surface area contributed by atoms with Gasteiger partial charge in [-0.2, -0.15) is 8.42 Å². The molecule has 0 unspecified atom stereocenters. The van der Waals surface area contributed by atoms with Crippen molar-refractivity contribution in [2.45, 2.75) is 20.3 Å². The second kappa shape index (κ2) is 10.5. The van der Waals surface area contributed by atoms with Crippen LogP contribution in [0.5, 0.6) is 10.9 Å². The molecule has 0 amide bonds. The number of halogens is 1. The van der Waals surface area contributed by atoms with E-state index in [-0.39, 0.29) is 47.1 Å². The fourth-order valence-electron chi connectivity index (χ4n) is 3.25. The second-order valence-electron chi connectivity index (χ2n) is 7.13. The number of hydrogen-bond donors (Lipinski definition) is 2. The Morgan fingerprint density at radius 1 is 1.21 bits per heavy atom. The molecule has 0 aliphatic heterocycles. The van der Waals surface area contributed by atoms with E-state index in [2.05, 4.69) is 9.97 Å². The van der Waals surface area contributed by atoms with Crippen molar-refractivity contribution in [3.8, 4) is 10.9 Å². The van der Waals surface area contributed by atoms with Gasteiger partial charge in [-0.1, -0.05) is 11.3 Å². The third kappa shape index (κ3) is 5.48. The van der Waals surface area contributed by atoms with Crippen molar-refractivity contribution >= 4 is 67.9 Å². The summed E-state index contributed by atoms with van der Waals surface area (Å²) in [6.07, 6.45) is 2.78. The molecule has 4 aromatic rings. The van der Waals surface area contributed by atoms with Gasteiger partial charge in [0, 0.05) is 48.3 Å². The number of nitrogens with zero attached hydrogens (tertiary/aromatic N) is 2. The van der Waals surface area contributed by atoms with Crippen LogP contribution in [0.1, 0.15) is 22.3 Å². The van der Waals surface area contributed by atoms with Crippen LogP contribution >= 0.6 is 11.3 Å². The maximum atomic E-state index is 14.9. The average Bonchev–Trinajstić information content (AvgIpc) is 3.28. The molecule has 0 saturated carbocycles. The van der Waals surface area contributed by atoms with E-state index in [9.17, 15) is 17.6 Å². The molecule has 34 heavy (non-hydrogen) atoms. The van der Waals surface area contributed by atoms with E-state index in [0.717, 1.165) is 5.56 Å². The first kappa shape index (κ1) is 26.3. The van der Waals surface area contributed by atoms with E-state index in [1.165, 1.54) is 30.6 Å². The zero-order valence-electron chi connectivity index (χ0n) is 17.8. The van der Waals surface area contributed by atoms with Gasteiger partial charge in [-0.25, -0.2) is 23.9 Å². The SMILES string of the molecule is CNS(=O)(=O)Nc1nccc(Cc2c(C)c3cc(C)c(Oc4nccs4)cc3oc2=O)c1F.[NaH]. The van der Waals surface area contributed by atoms with Crippen molar-refractivity contribution in [3.63, 3.8) is 0 Å². The van der Waals surface area contributed by atoms with Gasteiger partial charge in [-0.3, -0.25) is 4.72 Å². The number of nitrogens with one attached hydrogen (secondary N) is 2. The van der Waals surface area contributed by atoms with E-state index in [4.69, 9.17) is 9.15 Å². The van der Waals surface area contributed by atoms with Crippen molar-refractivity contribution in [3.05, 3.63) is 74.5 Å². The molecule has 13 heteroatoms. The van der Waals surface area contributed by atoms with Crippen LogP contribution in [0, 0.1) is 19.7 Å². The minimum absolute atomic E-state index is 0. The van der Waals surface area contributed by atoms with Crippen molar-refractivity contribution in [1.29, 1.82) is 0 Å². The predicted molar refractivity (Wildman–Crippen MR) is 130 cm³/mol. The van der Waals surface area contributed by atoms with Crippen LogP contribution in [0.15, 0.2) is 45.2 Å². The van der Waals surface area contributed by atoms with Crippen LogP contribution in [0.4, 0.5) is 10.2 Å². The van der Waals surface area contributed by atoms with Crippen LogP contribution < -0.4 is 19.8 Å². The number of ether oxygens (including phenoxy) is 1. The van der Waals surface area contributed by atoms with Gasteiger partial charge in [-0.05, 0) is 42.7 Å². The van der Waals surface area contributed by atoms with Gasteiger partial charge in [0.15, 0.2) is 11.6 Å². The summed E-state index contributed by atoms with van der Waals surface area (Å²) in [6, 6.07) is 4.84. The van der Waals surface area contributed by atoms with Crippen molar-refractivity contribution < 1.29 is 22.0 Å². The first-order valence-corrected chi connectivity index (χ1v) is 12.0. The van der Waals surface area contributed by atoms with Crippen molar-refractivity contribution in [2.24, 2.45) is 0 Å². The summed E-state index contributed by atoms with van der Waals surface area (Å²) in [7, 11) is -2.77. The van der Waals surface area contributed by atoms with Crippen molar-refractivity contribution in [2.75, 3.05) is 11.8 Å². The molecule has 0 spiro atoms. The van der Waals surface area contributed by atoms with Crippen LogP contribution in [-0.4, -0.2) is 55.0 Å². The minimum atomic E-state index is -3.96. The molecule has 0 aliphatic carbocycles. The van der Waals surface area contributed by atoms with Gasteiger partial charge in [0.2, 0.25) is 0 Å². The third-order valence-electron chi connectivity index (χ3n) is 5.03. The van der Waals surface area contributed by atoms with Gasteiger partial charge in [0.1, 0.15) is 11.3 Å². The number of fused-ring (bicyclic) bond motifs is 1. The number of thiazole rings is 1. The topological polar surface area (TPSA) is 123 Å². The third-order valence-corrected chi connectivity index (χ3v) is 6.67. The van der Waals surface area contributed by atoms with E-state index in [1.807, 2.05) is 22.4 Å². The van der Waals surface area contributed by atoms with Gasteiger partial charge in [0.25, 0.3) is 15.4 Å². The molecule has 0 bridgehead atoms. The molecule has 174 valence electrons. The Morgan fingerprint density at radius 2 is 1.97 bits per heavy atom. The maximum absolute atomic E-state index is 14.9. The van der Waals surface area contributed by atoms with Crippen LogP contribution in [0.25, 0.3) is 11.0 Å². The zero-order chi connectivity index (χ0) is 23.8. The molecule has 1 aromatic carbocycles. The number of anilines is 1. The quantitative estimate of drug-likeness (QED) is 0.287. The Labute approximate surface area is 220 Å². The Balaban J connectivity index is 0.00000324. The fraction of sp³-hybridized carbons (Fsp3) is 0.190. The molecule has 0 radical (unpaired) electrons. The molecule has 9 nitrogen and oxygen atoms in total. The molecule has 0 atom stereocenters. The molecular weight excluding hydrogens is 494 g/mol. The number of pyridine rings is 1. The fourth-order valence-corrected chi connectivity index (χ4v) is 4.25. The number of benzene rings is 1. The van der Waals surface area contributed by atoms with E-state index >= 15 is 0 Å². The monoisotopic (exact) mass is 514 g/mol. The van der Waals surface area contributed by atoms with Gasteiger partial charge in [-0.15, -0.1) is 0 Å². The molecule has 3 aromatic heterocycles. The summed E-state index contributed by atoms with van der Waals surface area (Å²) in [5.74, 6) is -0.836. The molecule has 0 saturated heterocycles. The van der Waals surface area contributed by atoms with Gasteiger partial charge < -0.3 is 9.15 Å². The normalized spacial score (nSPS) is 11.3. The van der Waals surface area contributed by atoms with Crippen LogP contribution in [0.2, 0.25) is 0 Å². The molecule has 0 fully saturated rings.